The summed E-state index contributed by atoms with van der Waals surface area (Å²) < 4.78 is 0. The Bertz CT molecular complexity index is 3040. The number of nitriles is 1. The van der Waals surface area contributed by atoms with Gasteiger partial charge in [-0.15, -0.1) is 0 Å². The molecule has 0 radical (unpaired) electrons. The number of hydrogen-bond acceptors (Lipinski definition) is 11. The molecule has 10 rings (SSSR count). The Morgan fingerprint density at radius 2 is 1.11 bits per heavy atom. The fourth-order valence-electron chi connectivity index (χ4n) is 11.1. The molecule has 6 N–H and O–H groups in total. The number of anilines is 4. The highest BCUT2D eigenvalue weighted by atomic mass is 16.2. The van der Waals surface area contributed by atoms with Crippen LogP contribution in [0.2, 0.25) is 0 Å². The summed E-state index contributed by atoms with van der Waals surface area (Å²) in [5, 5.41) is 26.9. The van der Waals surface area contributed by atoms with Gasteiger partial charge in [-0.2, -0.15) is 5.26 Å². The Morgan fingerprint density at radius 1 is 0.634 bits per heavy atom. The minimum atomic E-state index is -0.921. The topological polar surface area (TPSA) is 264 Å². The maximum atomic E-state index is 14.5. The second-order valence-electron chi connectivity index (χ2n) is 19.8. The number of benzene rings is 4. The van der Waals surface area contributed by atoms with E-state index in [2.05, 4.69) is 11.1 Å². The summed E-state index contributed by atoms with van der Waals surface area (Å²) in [5.74, 6) is -4.90. The molecule has 3 atom stereocenters. The zero-order valence-electron chi connectivity index (χ0n) is 39.1. The van der Waals surface area contributed by atoms with E-state index < -0.39 is 46.3 Å². The van der Waals surface area contributed by atoms with Crippen molar-refractivity contribution in [3.05, 3.63) is 108 Å². The fourth-order valence-corrected chi connectivity index (χ4v) is 11.1. The highest BCUT2D eigenvalue weighted by molar-refractivity contribution is 6.55. The summed E-state index contributed by atoms with van der Waals surface area (Å²) in [7, 11) is 0. The lowest BCUT2D eigenvalue weighted by atomic mass is 9.76. The van der Waals surface area contributed by atoms with Crippen LogP contribution in [0.3, 0.4) is 0 Å². The summed E-state index contributed by atoms with van der Waals surface area (Å²) in [6, 6.07) is 30.4. The number of hydrogen-bond donors (Lipinski definition) is 4. The second kappa shape index (κ2) is 18.3. The zero-order chi connectivity index (χ0) is 49.8. The number of nitrogens with two attached hydrogens (primary N) is 2. The second-order valence-corrected chi connectivity index (χ2v) is 19.8. The van der Waals surface area contributed by atoms with Crippen LogP contribution in [0.4, 0.5) is 34.1 Å². The number of carbonyl (C=O) groups is 6. The van der Waals surface area contributed by atoms with Gasteiger partial charge < -0.3 is 31.1 Å². The molecule has 17 nitrogen and oxygen atoms in total. The van der Waals surface area contributed by atoms with E-state index in [1.54, 1.807) is 62.1 Å². The molecule has 17 heteroatoms. The van der Waals surface area contributed by atoms with E-state index in [1.165, 1.54) is 0 Å². The van der Waals surface area contributed by atoms with E-state index in [0.29, 0.717) is 92.0 Å². The molecule has 6 fully saturated rings. The standard InChI is InChI=1S/C54H53N11O6/c55-29-33-7-4-10-36(28-33)61-47-43(45(57)49(59)68)54(22-23-54)31-65(52(47)71)40-18-14-38(15-19-40)63-25-5-8-34(50(63)69)26-32-6-3-9-35(27-32)60-46-42(44(56)48(58)67)53(20-21-53)30-64(51(46)70)39-16-12-37(13-17-39)62-24-2-1-11-41(62)66/h3-4,6-7,9-10,12-19,27-28,34,42-43,56-57H,1-2,5,8,11,20-26,30-31H2,(H2,58,67)(H2,59,68). The number of primary amides is 2. The molecule has 6 aliphatic rings. The average Bonchev–Trinajstić information content (AvgIpc) is 4.32. The highest BCUT2D eigenvalue weighted by Crippen LogP contribution is 2.57. The van der Waals surface area contributed by atoms with E-state index in [1.807, 2.05) is 54.6 Å². The SMILES string of the molecule is N#Cc1cccc(N=C2C(=O)N(c3ccc(N4CCCC(Cc5cccc(N=C6C(=O)N(c7ccc(N8CCCCC8=O)cc7)CC7(CC7)C6C(=N)C(N)=O)c5)C4=O)cc3)CC3(CC3)C2C(=N)C(N)=O)c1. The smallest absolute Gasteiger partial charge is 0.273 e. The third-order valence-corrected chi connectivity index (χ3v) is 15.2. The van der Waals surface area contributed by atoms with Crippen molar-refractivity contribution in [1.82, 2.24) is 0 Å². The van der Waals surface area contributed by atoms with E-state index in [9.17, 15) is 34.0 Å². The predicted octanol–water partition coefficient (Wildman–Crippen LogP) is 6.10. The van der Waals surface area contributed by atoms with Crippen LogP contribution in [0.25, 0.3) is 0 Å². The van der Waals surface area contributed by atoms with Crippen LogP contribution in [0.15, 0.2) is 107 Å². The number of piperidine rings is 4. The first kappa shape index (κ1) is 46.6. The molecule has 4 saturated heterocycles. The molecular weight excluding hydrogens is 899 g/mol. The van der Waals surface area contributed by atoms with Gasteiger partial charge in [-0.3, -0.25) is 39.6 Å². The third-order valence-electron chi connectivity index (χ3n) is 15.2. The molecule has 2 aliphatic carbocycles. The maximum Gasteiger partial charge on any atom is 0.273 e. The molecule has 71 heavy (non-hydrogen) atoms. The lowest BCUT2D eigenvalue weighted by molar-refractivity contribution is -0.124. The molecule has 0 bridgehead atoms. The summed E-state index contributed by atoms with van der Waals surface area (Å²) >= 11 is 0. The maximum absolute atomic E-state index is 14.5. The number of rotatable bonds is 12. The van der Waals surface area contributed by atoms with E-state index in [0.717, 1.165) is 30.5 Å². The first-order valence-corrected chi connectivity index (χ1v) is 24.2. The minimum Gasteiger partial charge on any atom is -0.365 e. The van der Waals surface area contributed by atoms with Crippen molar-refractivity contribution in [2.75, 3.05) is 45.8 Å². The summed E-state index contributed by atoms with van der Waals surface area (Å²) in [5.41, 5.74) is 14.1. The molecule has 6 amide bonds. The molecule has 2 saturated carbocycles. The fraction of sp³-hybridized carbons (Fsp3) is 0.352. The van der Waals surface area contributed by atoms with Crippen molar-refractivity contribution in [3.8, 4) is 6.07 Å². The highest BCUT2D eigenvalue weighted by Gasteiger charge is 2.61. The van der Waals surface area contributed by atoms with Gasteiger partial charge >= 0.3 is 0 Å². The predicted molar refractivity (Wildman–Crippen MR) is 269 cm³/mol. The van der Waals surface area contributed by atoms with Gasteiger partial charge in [0.25, 0.3) is 23.6 Å². The monoisotopic (exact) mass is 951 g/mol. The Balaban J connectivity index is 0.873. The number of carbonyl (C=O) groups excluding carboxylic acids is 6. The van der Waals surface area contributed by atoms with Gasteiger partial charge in [-0.25, -0.2) is 9.98 Å². The van der Waals surface area contributed by atoms with Crippen LogP contribution < -0.4 is 31.1 Å². The average molecular weight is 952 g/mol. The third kappa shape index (κ3) is 8.79. The molecule has 4 aromatic carbocycles. The van der Waals surface area contributed by atoms with E-state index in [4.69, 9.17) is 27.3 Å². The molecule has 3 unspecified atom stereocenters. The molecular formula is C54H53N11O6. The molecule has 4 heterocycles. The van der Waals surface area contributed by atoms with Crippen LogP contribution in [0.5, 0.6) is 0 Å². The number of nitrogens with zero attached hydrogens (tertiary/aromatic N) is 7. The first-order chi connectivity index (χ1) is 34.2. The summed E-state index contributed by atoms with van der Waals surface area (Å²) in [6.45, 7) is 1.67. The van der Waals surface area contributed by atoms with Crippen LogP contribution in [0, 0.1) is 50.7 Å². The zero-order valence-corrected chi connectivity index (χ0v) is 39.1. The Hall–Kier alpha value is -8.13. The van der Waals surface area contributed by atoms with Crippen molar-refractivity contribution in [1.29, 1.82) is 16.1 Å². The van der Waals surface area contributed by atoms with Crippen LogP contribution in [-0.2, 0) is 35.2 Å². The van der Waals surface area contributed by atoms with Gasteiger partial charge in [-0.1, -0.05) is 18.2 Å². The summed E-state index contributed by atoms with van der Waals surface area (Å²) in [6.07, 6.45) is 6.75. The van der Waals surface area contributed by atoms with Crippen molar-refractivity contribution >= 4 is 92.4 Å². The summed E-state index contributed by atoms with van der Waals surface area (Å²) in [4.78, 5) is 97.1. The van der Waals surface area contributed by atoms with Crippen molar-refractivity contribution in [2.45, 2.75) is 64.2 Å². The van der Waals surface area contributed by atoms with Gasteiger partial charge in [0, 0.05) is 72.1 Å². The van der Waals surface area contributed by atoms with Gasteiger partial charge in [0.1, 0.15) is 22.8 Å². The first-order valence-electron chi connectivity index (χ1n) is 24.2. The van der Waals surface area contributed by atoms with Crippen LogP contribution >= 0.6 is 0 Å². The van der Waals surface area contributed by atoms with Crippen molar-refractivity contribution in [3.63, 3.8) is 0 Å². The Morgan fingerprint density at radius 3 is 1.61 bits per heavy atom. The molecule has 0 aromatic heterocycles. The number of nitrogens with one attached hydrogen (secondary N) is 2. The Labute approximate surface area is 410 Å². The number of amides is 6. The molecule has 4 aliphatic heterocycles. The van der Waals surface area contributed by atoms with Gasteiger partial charge in [0.2, 0.25) is 11.8 Å². The van der Waals surface area contributed by atoms with E-state index >= 15 is 0 Å². The van der Waals surface area contributed by atoms with E-state index in [-0.39, 0.29) is 53.7 Å². The van der Waals surface area contributed by atoms with Gasteiger partial charge in [0.05, 0.1) is 34.8 Å². The molecule has 2 spiro atoms. The molecule has 4 aromatic rings. The lowest BCUT2D eigenvalue weighted by Gasteiger charge is -2.39. The minimum absolute atomic E-state index is 0.0134. The van der Waals surface area contributed by atoms with Gasteiger partial charge in [-0.05, 0) is 142 Å². The molecule has 360 valence electrons. The lowest BCUT2D eigenvalue weighted by Crippen LogP contribution is -2.56. The normalized spacial score (nSPS) is 23.6. The van der Waals surface area contributed by atoms with Crippen LogP contribution in [0.1, 0.15) is 68.9 Å². The van der Waals surface area contributed by atoms with Crippen LogP contribution in [-0.4, -0.2) is 84.5 Å². The largest absolute Gasteiger partial charge is 0.365 e. The number of aliphatic imine (C=N–C) groups is 2. The van der Waals surface area contributed by atoms with Gasteiger partial charge in [0.15, 0.2) is 0 Å². The van der Waals surface area contributed by atoms with Crippen molar-refractivity contribution in [2.24, 2.45) is 50.0 Å². The Kier molecular flexibility index (Phi) is 12.0. The van der Waals surface area contributed by atoms with Crippen molar-refractivity contribution < 1.29 is 28.8 Å². The quantitative estimate of drug-likeness (QED) is 0.121.